The van der Waals surface area contributed by atoms with Gasteiger partial charge in [0, 0.05) is 5.39 Å². The van der Waals surface area contributed by atoms with Gasteiger partial charge in [0.2, 0.25) is 11.7 Å². The molecule has 31 heavy (non-hydrogen) atoms. The number of carbonyl (C=O) groups is 2. The number of nitrogens with one attached hydrogen (secondary N) is 1. The third-order valence-corrected chi connectivity index (χ3v) is 5.65. The molecule has 1 amide bonds. The van der Waals surface area contributed by atoms with Crippen molar-refractivity contribution in [3.8, 4) is 5.69 Å². The lowest BCUT2D eigenvalue weighted by Crippen LogP contribution is -2.47. The van der Waals surface area contributed by atoms with Gasteiger partial charge in [0.05, 0.1) is 10.4 Å². The number of amides is 1. The molecule has 0 bridgehead atoms. The summed E-state index contributed by atoms with van der Waals surface area (Å²) in [4.78, 5) is 23.6. The topological polar surface area (TPSA) is 97.1 Å². The predicted octanol–water partition coefficient (Wildman–Crippen LogP) is 3.90. The monoisotopic (exact) mass is 452 g/mol. The van der Waals surface area contributed by atoms with E-state index in [1.165, 1.54) is 26.8 Å². The van der Waals surface area contributed by atoms with Crippen molar-refractivity contribution in [3.63, 3.8) is 0 Å². The Balaban J connectivity index is 2.10. The van der Waals surface area contributed by atoms with Gasteiger partial charge >= 0.3 is 12.1 Å². The third-order valence-electron chi connectivity index (χ3n) is 4.51. The quantitative estimate of drug-likeness (QED) is 0.551. The highest BCUT2D eigenvalue weighted by molar-refractivity contribution is 8.01. The molecule has 0 aliphatic rings. The number of alkyl halides is 3. The molecule has 1 atom stereocenters. The second kappa shape index (κ2) is 8.22. The van der Waals surface area contributed by atoms with Crippen LogP contribution < -0.4 is 5.32 Å². The van der Waals surface area contributed by atoms with E-state index in [9.17, 15) is 22.8 Å². The normalized spacial score (nSPS) is 13.2. The second-order valence-electron chi connectivity index (χ2n) is 7.28. The van der Waals surface area contributed by atoms with E-state index in [1.807, 2.05) is 0 Å². The molecule has 0 saturated heterocycles. The van der Waals surface area contributed by atoms with Crippen LogP contribution in [0.25, 0.3) is 16.5 Å². The summed E-state index contributed by atoms with van der Waals surface area (Å²) in [6.45, 7) is 4.23. The Kier molecular flexibility index (Phi) is 5.99. The molecule has 11 heteroatoms. The van der Waals surface area contributed by atoms with E-state index in [1.54, 1.807) is 36.4 Å². The van der Waals surface area contributed by atoms with E-state index in [4.69, 9.17) is 5.11 Å². The van der Waals surface area contributed by atoms with Crippen molar-refractivity contribution >= 4 is 34.4 Å². The number of carboxylic acids is 1. The first-order valence-corrected chi connectivity index (χ1v) is 9.97. The zero-order chi connectivity index (χ0) is 23.0. The molecule has 0 radical (unpaired) electrons. The zero-order valence-corrected chi connectivity index (χ0v) is 17.6. The molecule has 2 N–H and O–H groups in total. The summed E-state index contributed by atoms with van der Waals surface area (Å²) in [6.07, 6.45) is -4.78. The number of hydrogen-bond acceptors (Lipinski definition) is 5. The maximum atomic E-state index is 13.7. The fourth-order valence-corrected chi connectivity index (χ4v) is 3.81. The van der Waals surface area contributed by atoms with E-state index in [0.29, 0.717) is 5.39 Å². The SMILES string of the molecule is CC(NC(=O)C(C)(C)Sc1nnc(C(F)(F)F)n1-c1cccc2ccccc12)C(=O)O. The molecule has 0 aliphatic heterocycles. The molecule has 0 fully saturated rings. The van der Waals surface area contributed by atoms with E-state index in [-0.39, 0.29) is 10.8 Å². The van der Waals surface area contributed by atoms with Gasteiger partial charge in [-0.3, -0.25) is 14.2 Å². The van der Waals surface area contributed by atoms with Crippen molar-refractivity contribution in [3.05, 3.63) is 48.3 Å². The fraction of sp³-hybridized carbons (Fsp3) is 0.300. The average Bonchev–Trinajstić information content (AvgIpc) is 3.10. The van der Waals surface area contributed by atoms with Crippen molar-refractivity contribution in [1.29, 1.82) is 0 Å². The van der Waals surface area contributed by atoms with Gasteiger partial charge in [-0.05, 0) is 32.2 Å². The molecular weight excluding hydrogens is 433 g/mol. The Morgan fingerprint density at radius 2 is 1.74 bits per heavy atom. The maximum Gasteiger partial charge on any atom is 0.452 e. The minimum Gasteiger partial charge on any atom is -0.480 e. The number of hydrogen-bond donors (Lipinski definition) is 2. The van der Waals surface area contributed by atoms with Gasteiger partial charge in [0.1, 0.15) is 6.04 Å². The molecule has 164 valence electrons. The van der Waals surface area contributed by atoms with Gasteiger partial charge in [-0.15, -0.1) is 10.2 Å². The van der Waals surface area contributed by atoms with Crippen molar-refractivity contribution < 1.29 is 27.9 Å². The molecule has 3 rings (SSSR count). The summed E-state index contributed by atoms with van der Waals surface area (Å²) in [5.74, 6) is -3.11. The lowest BCUT2D eigenvalue weighted by atomic mass is 10.1. The number of carboxylic acid groups (broad SMARTS) is 1. The van der Waals surface area contributed by atoms with Crippen LogP contribution in [0.2, 0.25) is 0 Å². The predicted molar refractivity (Wildman–Crippen MR) is 109 cm³/mol. The fourth-order valence-electron chi connectivity index (χ4n) is 2.85. The van der Waals surface area contributed by atoms with Crippen LogP contribution in [0.15, 0.2) is 47.6 Å². The minimum absolute atomic E-state index is 0.146. The standard InChI is InChI=1S/C20H19F3N4O3S/c1-11(15(28)29)24-17(30)19(2,3)31-18-26-25-16(20(21,22)23)27(18)14-10-6-8-12-7-4-5-9-13(12)14/h4-11H,1-3H3,(H,24,30)(H,28,29). The average molecular weight is 452 g/mol. The van der Waals surface area contributed by atoms with E-state index < -0.39 is 34.7 Å². The first-order valence-electron chi connectivity index (χ1n) is 9.15. The van der Waals surface area contributed by atoms with Gasteiger partial charge in [0.25, 0.3) is 0 Å². The summed E-state index contributed by atoms with van der Waals surface area (Å²) < 4.78 is 40.7. The van der Waals surface area contributed by atoms with Crippen molar-refractivity contribution in [1.82, 2.24) is 20.1 Å². The van der Waals surface area contributed by atoms with Crippen molar-refractivity contribution in [2.75, 3.05) is 0 Å². The van der Waals surface area contributed by atoms with Gasteiger partial charge in [-0.2, -0.15) is 13.2 Å². The van der Waals surface area contributed by atoms with Crippen molar-refractivity contribution in [2.45, 2.75) is 42.9 Å². The number of rotatable bonds is 6. The number of aromatic nitrogens is 3. The lowest BCUT2D eigenvalue weighted by Gasteiger charge is -2.24. The smallest absolute Gasteiger partial charge is 0.452 e. The Bertz CT molecular complexity index is 1140. The first kappa shape index (κ1) is 22.6. The van der Waals surface area contributed by atoms with Gasteiger partial charge in [-0.1, -0.05) is 48.2 Å². The van der Waals surface area contributed by atoms with Gasteiger partial charge < -0.3 is 10.4 Å². The van der Waals surface area contributed by atoms with Crippen LogP contribution in [0.5, 0.6) is 0 Å². The highest BCUT2D eigenvalue weighted by atomic mass is 32.2. The molecule has 0 spiro atoms. The molecule has 3 aromatic rings. The van der Waals surface area contributed by atoms with Crippen molar-refractivity contribution in [2.24, 2.45) is 0 Å². The van der Waals surface area contributed by atoms with Crippen LogP contribution in [0.1, 0.15) is 26.6 Å². The maximum absolute atomic E-state index is 13.7. The molecule has 1 unspecified atom stereocenters. The van der Waals surface area contributed by atoms with Crippen LogP contribution in [-0.4, -0.2) is 42.5 Å². The van der Waals surface area contributed by atoms with E-state index >= 15 is 0 Å². The molecule has 1 heterocycles. The summed E-state index contributed by atoms with van der Waals surface area (Å²) in [6, 6.07) is 10.7. The Morgan fingerprint density at radius 1 is 1.10 bits per heavy atom. The van der Waals surface area contributed by atoms with Crippen LogP contribution >= 0.6 is 11.8 Å². The number of carbonyl (C=O) groups excluding carboxylic acids is 1. The minimum atomic E-state index is -4.78. The molecule has 0 aliphatic carbocycles. The number of benzene rings is 2. The van der Waals surface area contributed by atoms with E-state index in [2.05, 4.69) is 15.5 Å². The Hall–Kier alpha value is -3.08. The number of aliphatic carboxylic acids is 1. The largest absolute Gasteiger partial charge is 0.480 e. The molecule has 0 saturated carbocycles. The highest BCUT2D eigenvalue weighted by Crippen LogP contribution is 2.39. The third kappa shape index (κ3) is 4.66. The molecular formula is C20H19F3N4O3S. The van der Waals surface area contributed by atoms with Crippen LogP contribution in [0, 0.1) is 0 Å². The number of fused-ring (bicyclic) bond motifs is 1. The molecule has 7 nitrogen and oxygen atoms in total. The molecule has 2 aromatic carbocycles. The van der Waals surface area contributed by atoms with Gasteiger partial charge in [-0.25, -0.2) is 0 Å². The number of thioether (sulfide) groups is 1. The zero-order valence-electron chi connectivity index (χ0n) is 16.8. The van der Waals surface area contributed by atoms with Crippen LogP contribution in [0.3, 0.4) is 0 Å². The first-order chi connectivity index (χ1) is 14.4. The Morgan fingerprint density at radius 3 is 2.39 bits per heavy atom. The number of nitrogens with zero attached hydrogens (tertiary/aromatic N) is 3. The number of halogens is 3. The lowest BCUT2D eigenvalue weighted by molar-refractivity contribution is -0.146. The highest BCUT2D eigenvalue weighted by Gasteiger charge is 2.41. The summed E-state index contributed by atoms with van der Waals surface area (Å²) in [7, 11) is 0. The summed E-state index contributed by atoms with van der Waals surface area (Å²) in [5, 5.41) is 19.5. The summed E-state index contributed by atoms with van der Waals surface area (Å²) >= 11 is 0.759. The second-order valence-corrected chi connectivity index (χ2v) is 8.87. The van der Waals surface area contributed by atoms with Crippen LogP contribution in [-0.2, 0) is 15.8 Å². The van der Waals surface area contributed by atoms with Gasteiger partial charge in [0.15, 0.2) is 5.16 Å². The molecule has 1 aromatic heterocycles. The van der Waals surface area contributed by atoms with E-state index in [0.717, 1.165) is 21.7 Å². The van der Waals surface area contributed by atoms with Crippen LogP contribution in [0.4, 0.5) is 13.2 Å². The summed E-state index contributed by atoms with van der Waals surface area (Å²) in [5.41, 5.74) is 0.216. The Labute approximate surface area is 179 Å².